The molecule has 2 aromatic rings. The number of amides is 1. The summed E-state index contributed by atoms with van der Waals surface area (Å²) >= 11 is 1.80. The zero-order chi connectivity index (χ0) is 21.9. The maximum Gasteiger partial charge on any atom is 0.251 e. The van der Waals surface area contributed by atoms with Crippen molar-refractivity contribution in [2.45, 2.75) is 25.8 Å². The van der Waals surface area contributed by atoms with E-state index in [2.05, 4.69) is 45.3 Å². The highest BCUT2D eigenvalue weighted by atomic mass is 32.1. The number of nitrogens with zero attached hydrogens (tertiary/aromatic N) is 2. The molecule has 0 radical (unpaired) electrons. The summed E-state index contributed by atoms with van der Waals surface area (Å²) in [4.78, 5) is 21.1. The molecule has 1 saturated heterocycles. The van der Waals surface area contributed by atoms with Crippen LogP contribution in [0.15, 0.2) is 46.8 Å². The van der Waals surface area contributed by atoms with E-state index < -0.39 is 0 Å². The number of likely N-dealkylation sites (tertiary alicyclic amines) is 1. The van der Waals surface area contributed by atoms with Gasteiger partial charge >= 0.3 is 0 Å². The number of guanidine groups is 1. The van der Waals surface area contributed by atoms with Gasteiger partial charge in [-0.15, -0.1) is 11.3 Å². The summed E-state index contributed by atoms with van der Waals surface area (Å²) in [7, 11) is 1.59. The van der Waals surface area contributed by atoms with Crippen LogP contribution < -0.4 is 20.7 Å². The van der Waals surface area contributed by atoms with Gasteiger partial charge in [-0.25, -0.2) is 0 Å². The van der Waals surface area contributed by atoms with Crippen molar-refractivity contribution < 1.29 is 9.53 Å². The van der Waals surface area contributed by atoms with E-state index in [9.17, 15) is 4.79 Å². The molecule has 0 saturated carbocycles. The Morgan fingerprint density at radius 1 is 1.16 bits per heavy atom. The van der Waals surface area contributed by atoms with E-state index in [1.807, 2.05) is 12.1 Å². The van der Waals surface area contributed by atoms with Gasteiger partial charge in [-0.1, -0.05) is 12.1 Å². The lowest BCUT2D eigenvalue weighted by Crippen LogP contribution is -2.42. The number of rotatable bonds is 10. The number of benzene rings is 1. The average molecular weight is 444 g/mol. The van der Waals surface area contributed by atoms with E-state index >= 15 is 0 Å². The van der Waals surface area contributed by atoms with Crippen molar-refractivity contribution in [3.05, 3.63) is 52.2 Å². The fraction of sp³-hybridized carbons (Fsp3) is 0.478. The zero-order valence-corrected chi connectivity index (χ0v) is 19.2. The summed E-state index contributed by atoms with van der Waals surface area (Å²) < 4.78 is 5.18. The van der Waals surface area contributed by atoms with Crippen LogP contribution in [0.4, 0.5) is 0 Å². The Morgan fingerprint density at radius 3 is 2.68 bits per heavy atom. The van der Waals surface area contributed by atoms with Gasteiger partial charge in [-0.05, 0) is 62.5 Å². The predicted molar refractivity (Wildman–Crippen MR) is 127 cm³/mol. The number of thiophene rings is 1. The van der Waals surface area contributed by atoms with Gasteiger partial charge in [-0.2, -0.15) is 0 Å². The Balaban J connectivity index is 1.51. The minimum Gasteiger partial charge on any atom is -0.497 e. The second-order valence-electron chi connectivity index (χ2n) is 7.41. The third kappa shape index (κ3) is 6.97. The molecule has 3 rings (SSSR count). The van der Waals surface area contributed by atoms with E-state index in [-0.39, 0.29) is 5.91 Å². The smallest absolute Gasteiger partial charge is 0.251 e. The zero-order valence-electron chi connectivity index (χ0n) is 18.4. The van der Waals surface area contributed by atoms with Crippen molar-refractivity contribution in [1.82, 2.24) is 20.9 Å². The quantitative estimate of drug-likeness (QED) is 0.299. The van der Waals surface area contributed by atoms with Crippen LogP contribution in [0.3, 0.4) is 0 Å². The van der Waals surface area contributed by atoms with E-state index in [4.69, 9.17) is 9.73 Å². The number of carbonyl (C=O) groups excluding carboxylic acids is 1. The van der Waals surface area contributed by atoms with Crippen LogP contribution in [-0.2, 0) is 0 Å². The van der Waals surface area contributed by atoms with Crippen LogP contribution in [0.25, 0.3) is 0 Å². The van der Waals surface area contributed by atoms with E-state index in [0.29, 0.717) is 37.0 Å². The molecular weight excluding hydrogens is 410 g/mol. The van der Waals surface area contributed by atoms with Crippen molar-refractivity contribution in [2.75, 3.05) is 46.4 Å². The molecule has 1 fully saturated rings. The van der Waals surface area contributed by atoms with Crippen LogP contribution >= 0.6 is 11.3 Å². The predicted octanol–water partition coefficient (Wildman–Crippen LogP) is 2.88. The maximum absolute atomic E-state index is 12.3. The largest absolute Gasteiger partial charge is 0.497 e. The normalized spacial score (nSPS) is 15.5. The topological polar surface area (TPSA) is 78.0 Å². The molecule has 1 aromatic carbocycles. The van der Waals surface area contributed by atoms with Crippen molar-refractivity contribution in [1.29, 1.82) is 0 Å². The monoisotopic (exact) mass is 443 g/mol. The number of hydrogen-bond acceptors (Lipinski definition) is 5. The molecule has 3 N–H and O–H groups in total. The fourth-order valence-corrected chi connectivity index (χ4v) is 4.51. The second kappa shape index (κ2) is 12.3. The molecule has 8 heteroatoms. The van der Waals surface area contributed by atoms with Gasteiger partial charge in [0.2, 0.25) is 0 Å². The molecule has 0 aliphatic carbocycles. The minimum atomic E-state index is -0.116. The summed E-state index contributed by atoms with van der Waals surface area (Å²) in [5.41, 5.74) is 0.587. The Hall–Kier alpha value is -2.58. The first-order chi connectivity index (χ1) is 15.2. The summed E-state index contributed by atoms with van der Waals surface area (Å²) in [6, 6.07) is 11.8. The van der Waals surface area contributed by atoms with Gasteiger partial charge in [0.25, 0.3) is 5.91 Å². The van der Waals surface area contributed by atoms with Crippen molar-refractivity contribution in [3.8, 4) is 5.75 Å². The first-order valence-corrected chi connectivity index (χ1v) is 11.8. The number of carbonyl (C=O) groups is 1. The average Bonchev–Trinajstić information content (AvgIpc) is 3.51. The number of hydrogen-bond donors (Lipinski definition) is 3. The highest BCUT2D eigenvalue weighted by Crippen LogP contribution is 2.28. The highest BCUT2D eigenvalue weighted by Gasteiger charge is 2.24. The SMILES string of the molecule is CCNC(=NCC(c1cccs1)N1CCCC1)NCCNC(=O)c1cccc(OC)c1. The standard InChI is InChI=1S/C23H33N5O2S/c1-3-24-23(26-12-11-25-22(29)18-8-6-9-19(16-18)30-2)27-17-20(21-10-7-15-31-21)28-13-4-5-14-28/h6-10,15-16,20H,3-5,11-14,17H2,1-2H3,(H,25,29)(H2,24,26,27). The summed E-state index contributed by atoms with van der Waals surface area (Å²) in [6.45, 7) is 6.92. The van der Waals surface area contributed by atoms with Gasteiger partial charge in [0.05, 0.1) is 19.7 Å². The summed E-state index contributed by atoms with van der Waals surface area (Å²) in [6.07, 6.45) is 2.52. The molecular formula is C23H33N5O2S. The maximum atomic E-state index is 12.3. The lowest BCUT2D eigenvalue weighted by atomic mass is 10.2. The number of nitrogens with one attached hydrogen (secondary N) is 3. The molecule has 0 bridgehead atoms. The molecule has 1 aliphatic heterocycles. The fourth-order valence-electron chi connectivity index (χ4n) is 3.66. The third-order valence-corrected chi connectivity index (χ3v) is 6.23. The van der Waals surface area contributed by atoms with Gasteiger partial charge in [0, 0.05) is 30.1 Å². The number of methoxy groups -OCH3 is 1. The summed E-state index contributed by atoms with van der Waals surface area (Å²) in [5.74, 6) is 1.33. The molecule has 1 atom stereocenters. The first-order valence-electron chi connectivity index (χ1n) is 10.9. The first kappa shape index (κ1) is 23.1. The number of ether oxygens (including phenoxy) is 1. The highest BCUT2D eigenvalue weighted by molar-refractivity contribution is 7.10. The molecule has 31 heavy (non-hydrogen) atoms. The molecule has 2 heterocycles. The van der Waals surface area contributed by atoms with Crippen LogP contribution in [0.5, 0.6) is 5.75 Å². The summed E-state index contributed by atoms with van der Waals surface area (Å²) in [5, 5.41) is 11.7. The number of aliphatic imine (C=N–C) groups is 1. The van der Waals surface area contributed by atoms with E-state index in [1.165, 1.54) is 17.7 Å². The van der Waals surface area contributed by atoms with Crippen LogP contribution in [0.2, 0.25) is 0 Å². The van der Waals surface area contributed by atoms with Crippen molar-refractivity contribution in [2.24, 2.45) is 4.99 Å². The van der Waals surface area contributed by atoms with Gasteiger partial charge in [0.15, 0.2) is 5.96 Å². The Morgan fingerprint density at radius 2 is 1.97 bits per heavy atom. The van der Waals surface area contributed by atoms with Gasteiger partial charge in [0.1, 0.15) is 5.75 Å². The van der Waals surface area contributed by atoms with Gasteiger partial charge < -0.3 is 20.7 Å². The Kier molecular flexibility index (Phi) is 9.17. The Bertz CT molecular complexity index is 834. The van der Waals surface area contributed by atoms with Crippen LogP contribution in [0.1, 0.15) is 41.0 Å². The molecule has 1 aromatic heterocycles. The molecule has 1 aliphatic rings. The third-order valence-electron chi connectivity index (χ3n) is 5.25. The second-order valence-corrected chi connectivity index (χ2v) is 8.39. The van der Waals surface area contributed by atoms with Gasteiger partial charge in [-0.3, -0.25) is 14.7 Å². The lowest BCUT2D eigenvalue weighted by Gasteiger charge is -2.25. The molecule has 0 spiro atoms. The molecule has 168 valence electrons. The molecule has 7 nitrogen and oxygen atoms in total. The van der Waals surface area contributed by atoms with E-state index in [0.717, 1.165) is 25.6 Å². The van der Waals surface area contributed by atoms with Crippen molar-refractivity contribution in [3.63, 3.8) is 0 Å². The van der Waals surface area contributed by atoms with Crippen LogP contribution in [-0.4, -0.2) is 63.1 Å². The van der Waals surface area contributed by atoms with Crippen molar-refractivity contribution >= 4 is 23.2 Å². The van der Waals surface area contributed by atoms with Crippen LogP contribution in [0, 0.1) is 0 Å². The minimum absolute atomic E-state index is 0.116. The molecule has 1 unspecified atom stereocenters. The lowest BCUT2D eigenvalue weighted by molar-refractivity contribution is 0.0954. The molecule has 1 amide bonds. The Labute approximate surface area is 188 Å². The van der Waals surface area contributed by atoms with E-state index in [1.54, 1.807) is 30.6 Å².